The molecule has 0 amide bonds. The molecule has 0 aromatic heterocycles. The van der Waals surface area contributed by atoms with E-state index in [2.05, 4.69) is 4.74 Å². The summed E-state index contributed by atoms with van der Waals surface area (Å²) in [6.45, 7) is -3.00. The van der Waals surface area contributed by atoms with Crippen molar-refractivity contribution in [3.8, 4) is 0 Å². The predicted molar refractivity (Wildman–Crippen MR) is 35.4 cm³/mol. The van der Waals surface area contributed by atoms with Gasteiger partial charge in [-0.25, -0.2) is 4.39 Å². The van der Waals surface area contributed by atoms with Gasteiger partial charge in [0.1, 0.15) is 0 Å². The van der Waals surface area contributed by atoms with E-state index in [0.29, 0.717) is 0 Å². The van der Waals surface area contributed by atoms with Crippen LogP contribution in [0.1, 0.15) is 6.92 Å². The average molecular weight is 261 g/mol. The van der Waals surface area contributed by atoms with Gasteiger partial charge in [0.15, 0.2) is 6.67 Å². The Hall–Kier alpha value is -0.640. The Balaban J connectivity index is 5.04. The maximum Gasteiger partial charge on any atom is 0.437 e. The summed E-state index contributed by atoms with van der Waals surface area (Å²) < 4.78 is 101. The Morgan fingerprint density at radius 2 is 1.50 bits per heavy atom. The highest BCUT2D eigenvalue weighted by molar-refractivity contribution is 4.78. The smallest absolute Gasteiger partial charge is 0.315 e. The summed E-state index contributed by atoms with van der Waals surface area (Å²) in [4.78, 5) is 0. The summed E-state index contributed by atoms with van der Waals surface area (Å²) in [6, 6.07) is -11.4. The van der Waals surface area contributed by atoms with Crippen LogP contribution in [0.2, 0.25) is 0 Å². The largest absolute Gasteiger partial charge is 0.437 e. The lowest BCUT2D eigenvalue weighted by molar-refractivity contribution is -0.459. The Labute approximate surface area is 84.7 Å². The van der Waals surface area contributed by atoms with Gasteiger partial charge in [-0.1, -0.05) is 0 Å². The highest BCUT2D eigenvalue weighted by Crippen LogP contribution is 2.43. The van der Waals surface area contributed by atoms with Gasteiger partial charge in [0.05, 0.1) is 6.61 Å². The third-order valence-electron chi connectivity index (χ3n) is 1.37. The van der Waals surface area contributed by atoms with Crippen molar-refractivity contribution in [1.29, 1.82) is 0 Å². The zero-order chi connectivity index (χ0) is 13.2. The van der Waals surface area contributed by atoms with Gasteiger partial charge in [0.2, 0.25) is 0 Å². The number of hydrogen-bond donors (Lipinski definition) is 0. The van der Waals surface area contributed by atoms with Gasteiger partial charge in [-0.3, -0.25) is 0 Å². The van der Waals surface area contributed by atoms with Gasteiger partial charge in [-0.2, -0.15) is 26.3 Å². The van der Waals surface area contributed by atoms with Crippen molar-refractivity contribution >= 4 is 0 Å². The van der Waals surface area contributed by atoms with Crippen LogP contribution >= 0.6 is 0 Å². The number of halogens is 8. The molecule has 0 N–H and O–H groups in total. The van der Waals surface area contributed by atoms with Crippen LogP contribution < -0.4 is 0 Å². The van der Waals surface area contributed by atoms with E-state index in [1.54, 1.807) is 0 Å². The summed E-state index contributed by atoms with van der Waals surface area (Å²) in [5.41, 5.74) is 0. The lowest BCUT2D eigenvalue weighted by atomic mass is 10.4. The fourth-order valence-electron chi connectivity index (χ4n) is 0.640. The molecule has 0 aromatic rings. The molecule has 2 nitrogen and oxygen atoms in total. The Morgan fingerprint density at radius 1 is 1.06 bits per heavy atom. The minimum atomic E-state index is -5.99. The standard InChI is InChI=1S/C6H7F8NO/c1-2-16-6(12,13)5(10,11)15(14)4(8,9)3-7/h2-3H2,1H3. The summed E-state index contributed by atoms with van der Waals surface area (Å²) in [7, 11) is 0. The van der Waals surface area contributed by atoms with E-state index >= 15 is 0 Å². The maximum atomic E-state index is 12.5. The number of hydrogen-bond acceptors (Lipinski definition) is 2. The molecule has 0 aromatic carbocycles. The van der Waals surface area contributed by atoms with E-state index < -0.39 is 36.6 Å². The van der Waals surface area contributed by atoms with Gasteiger partial charge in [-0.15, -0.1) is 4.48 Å². The minimum Gasteiger partial charge on any atom is -0.315 e. The second-order valence-corrected chi connectivity index (χ2v) is 2.57. The van der Waals surface area contributed by atoms with E-state index in [0.717, 1.165) is 6.92 Å². The molecule has 16 heavy (non-hydrogen) atoms. The summed E-state index contributed by atoms with van der Waals surface area (Å²) in [5.74, 6) is 0. The first-order valence-corrected chi connectivity index (χ1v) is 3.82. The highest BCUT2D eigenvalue weighted by atomic mass is 19.3. The molecule has 0 fully saturated rings. The van der Waals surface area contributed by atoms with Crippen LogP contribution in [0.15, 0.2) is 0 Å². The molecule has 0 radical (unpaired) electrons. The average Bonchev–Trinajstić information content (AvgIpc) is 2.16. The molecule has 10 heteroatoms. The van der Waals surface area contributed by atoms with Gasteiger partial charge in [0, 0.05) is 0 Å². The fourth-order valence-corrected chi connectivity index (χ4v) is 0.640. The minimum absolute atomic E-state index is 0.861. The molecule has 98 valence electrons. The molecule has 0 saturated heterocycles. The third-order valence-corrected chi connectivity index (χ3v) is 1.37. The molecule has 0 unspecified atom stereocenters. The van der Waals surface area contributed by atoms with Crippen molar-refractivity contribution in [2.75, 3.05) is 13.3 Å². The van der Waals surface area contributed by atoms with Crippen molar-refractivity contribution in [2.45, 2.75) is 25.1 Å². The Kier molecular flexibility index (Phi) is 4.51. The third kappa shape index (κ3) is 2.73. The zero-order valence-electron chi connectivity index (χ0n) is 7.79. The van der Waals surface area contributed by atoms with Gasteiger partial charge in [0.25, 0.3) is 0 Å². The topological polar surface area (TPSA) is 12.5 Å². The molecule has 0 heterocycles. The van der Waals surface area contributed by atoms with Crippen molar-refractivity contribution in [1.82, 2.24) is 5.12 Å². The van der Waals surface area contributed by atoms with Crippen LogP contribution in [0.5, 0.6) is 0 Å². The summed E-state index contributed by atoms with van der Waals surface area (Å²) >= 11 is 0. The van der Waals surface area contributed by atoms with Crippen molar-refractivity contribution in [2.24, 2.45) is 0 Å². The molecule has 0 aliphatic rings. The molecular formula is C6H7F8NO. The van der Waals surface area contributed by atoms with E-state index in [-0.39, 0.29) is 0 Å². The van der Waals surface area contributed by atoms with E-state index in [1.165, 1.54) is 0 Å². The Morgan fingerprint density at radius 3 is 1.81 bits per heavy atom. The van der Waals surface area contributed by atoms with Crippen molar-refractivity contribution < 1.29 is 40.0 Å². The second-order valence-electron chi connectivity index (χ2n) is 2.57. The van der Waals surface area contributed by atoms with E-state index in [4.69, 9.17) is 0 Å². The first-order valence-electron chi connectivity index (χ1n) is 3.82. The first-order chi connectivity index (χ1) is 7.03. The molecule has 0 atom stereocenters. The van der Waals surface area contributed by atoms with Gasteiger partial charge >= 0.3 is 18.2 Å². The first kappa shape index (κ1) is 15.4. The van der Waals surface area contributed by atoms with Crippen LogP contribution in [0, 0.1) is 0 Å². The van der Waals surface area contributed by atoms with Crippen LogP contribution in [0.3, 0.4) is 0 Å². The Bertz CT molecular complexity index is 233. The summed E-state index contributed by atoms with van der Waals surface area (Å²) in [5, 5.41) is -2.85. The fraction of sp³-hybridized carbons (Fsp3) is 1.00. The van der Waals surface area contributed by atoms with Crippen LogP contribution in [0.4, 0.5) is 35.2 Å². The van der Waals surface area contributed by atoms with Gasteiger partial charge in [-0.05, 0) is 12.0 Å². The predicted octanol–water partition coefficient (Wildman–Crippen LogP) is 2.96. The number of rotatable bonds is 6. The number of ether oxygens (including phenoxy) is 1. The zero-order valence-corrected chi connectivity index (χ0v) is 7.79. The molecule has 0 aliphatic heterocycles. The molecular weight excluding hydrogens is 254 g/mol. The maximum absolute atomic E-state index is 12.5. The van der Waals surface area contributed by atoms with E-state index in [9.17, 15) is 35.2 Å². The van der Waals surface area contributed by atoms with Crippen molar-refractivity contribution in [3.05, 3.63) is 0 Å². The number of nitrogens with zero attached hydrogens (tertiary/aromatic N) is 1. The normalized spacial score (nSPS) is 14.6. The lowest BCUT2D eigenvalue weighted by Gasteiger charge is -2.32. The quantitative estimate of drug-likeness (QED) is 0.414. The van der Waals surface area contributed by atoms with Gasteiger partial charge < -0.3 is 4.74 Å². The number of alkyl halides is 7. The lowest BCUT2D eigenvalue weighted by Crippen LogP contribution is -2.58. The van der Waals surface area contributed by atoms with Crippen LogP contribution in [0.25, 0.3) is 0 Å². The monoisotopic (exact) mass is 261 g/mol. The van der Waals surface area contributed by atoms with Crippen LogP contribution in [-0.4, -0.2) is 36.6 Å². The molecule has 0 rings (SSSR count). The molecule has 0 bridgehead atoms. The van der Waals surface area contributed by atoms with Crippen molar-refractivity contribution in [3.63, 3.8) is 0 Å². The van der Waals surface area contributed by atoms with E-state index in [1.807, 2.05) is 0 Å². The second kappa shape index (κ2) is 4.70. The molecule has 0 saturated carbocycles. The molecule has 0 aliphatic carbocycles. The molecule has 0 spiro atoms. The highest BCUT2D eigenvalue weighted by Gasteiger charge is 2.69. The van der Waals surface area contributed by atoms with Crippen LogP contribution in [-0.2, 0) is 4.74 Å². The summed E-state index contributed by atoms with van der Waals surface area (Å²) in [6.07, 6.45) is -5.50. The SMILES string of the molecule is CCOC(F)(F)C(F)(F)N(F)C(F)(F)CF.